The van der Waals surface area contributed by atoms with E-state index in [9.17, 15) is 9.59 Å². The van der Waals surface area contributed by atoms with Gasteiger partial charge in [0.1, 0.15) is 0 Å². The summed E-state index contributed by atoms with van der Waals surface area (Å²) in [5, 5.41) is 11.7. The normalized spacial score (nSPS) is 16.5. The third-order valence-electron chi connectivity index (χ3n) is 3.54. The average Bonchev–Trinajstić information content (AvgIpc) is 2.67. The Hall–Kier alpha value is -1.34. The molecular weight excluding hydrogens is 274 g/mol. The molecule has 1 rings (SSSR count). The number of carboxylic acids is 1. The SMILES string of the molecule is COCCCCCNC(=O)N1CCCN(CC(=O)O)CC1. The number of amides is 2. The predicted molar refractivity (Wildman–Crippen MR) is 79.4 cm³/mol. The second-order valence-corrected chi connectivity index (χ2v) is 5.30. The summed E-state index contributed by atoms with van der Waals surface area (Å²) in [6.45, 7) is 4.11. The van der Waals surface area contributed by atoms with Crippen LogP contribution in [0, 0.1) is 0 Å². The minimum Gasteiger partial charge on any atom is -0.480 e. The van der Waals surface area contributed by atoms with Crippen molar-refractivity contribution in [3.63, 3.8) is 0 Å². The molecule has 2 amide bonds. The molecule has 2 N–H and O–H groups in total. The number of rotatable bonds is 8. The number of carboxylic acid groups (broad SMARTS) is 1. The van der Waals surface area contributed by atoms with Crippen molar-refractivity contribution in [3.05, 3.63) is 0 Å². The zero-order valence-corrected chi connectivity index (χ0v) is 12.8. The van der Waals surface area contributed by atoms with Crippen LogP contribution in [0.1, 0.15) is 25.7 Å². The lowest BCUT2D eigenvalue weighted by Gasteiger charge is -2.21. The van der Waals surface area contributed by atoms with Crippen molar-refractivity contribution >= 4 is 12.0 Å². The Kier molecular flexibility index (Phi) is 8.77. The van der Waals surface area contributed by atoms with E-state index < -0.39 is 5.97 Å². The van der Waals surface area contributed by atoms with Crippen LogP contribution < -0.4 is 5.32 Å². The Balaban J connectivity index is 2.17. The highest BCUT2D eigenvalue weighted by molar-refractivity contribution is 5.74. The van der Waals surface area contributed by atoms with E-state index >= 15 is 0 Å². The number of hydrogen-bond donors (Lipinski definition) is 2. The summed E-state index contributed by atoms with van der Waals surface area (Å²) in [5.74, 6) is -0.816. The highest BCUT2D eigenvalue weighted by Crippen LogP contribution is 2.03. The Morgan fingerprint density at radius 3 is 2.67 bits per heavy atom. The Morgan fingerprint density at radius 1 is 1.14 bits per heavy atom. The first-order valence-electron chi connectivity index (χ1n) is 7.59. The zero-order chi connectivity index (χ0) is 15.5. The maximum atomic E-state index is 12.0. The highest BCUT2D eigenvalue weighted by atomic mass is 16.5. The van der Waals surface area contributed by atoms with E-state index in [0.29, 0.717) is 26.2 Å². The first-order valence-corrected chi connectivity index (χ1v) is 7.59. The van der Waals surface area contributed by atoms with Gasteiger partial charge < -0.3 is 20.1 Å². The van der Waals surface area contributed by atoms with Crippen LogP contribution in [0.25, 0.3) is 0 Å². The molecule has 0 spiro atoms. The van der Waals surface area contributed by atoms with Crippen molar-refractivity contribution in [2.24, 2.45) is 0 Å². The standard InChI is InChI=1S/C14H27N3O4/c1-21-11-4-2-3-6-15-14(20)17-8-5-7-16(9-10-17)12-13(18)19/h2-12H2,1H3,(H,15,20)(H,18,19). The fourth-order valence-corrected chi connectivity index (χ4v) is 2.38. The van der Waals surface area contributed by atoms with Gasteiger partial charge in [-0.2, -0.15) is 0 Å². The molecule has 7 nitrogen and oxygen atoms in total. The topological polar surface area (TPSA) is 82.1 Å². The quantitative estimate of drug-likeness (QED) is 0.642. The van der Waals surface area contributed by atoms with Crippen LogP contribution in [0.3, 0.4) is 0 Å². The largest absolute Gasteiger partial charge is 0.480 e. The molecule has 21 heavy (non-hydrogen) atoms. The second-order valence-electron chi connectivity index (χ2n) is 5.30. The fraction of sp³-hybridized carbons (Fsp3) is 0.857. The Labute approximate surface area is 126 Å². The molecule has 0 aliphatic carbocycles. The van der Waals surface area contributed by atoms with Gasteiger partial charge in [-0.05, 0) is 25.7 Å². The summed E-state index contributed by atoms with van der Waals surface area (Å²) in [6, 6.07) is -0.0427. The van der Waals surface area contributed by atoms with Gasteiger partial charge in [0, 0.05) is 46.4 Å². The van der Waals surface area contributed by atoms with Crippen LogP contribution in [-0.4, -0.2) is 79.9 Å². The molecule has 0 radical (unpaired) electrons. The zero-order valence-electron chi connectivity index (χ0n) is 12.8. The molecule has 0 bridgehead atoms. The summed E-state index contributed by atoms with van der Waals surface area (Å²) in [5.41, 5.74) is 0. The first kappa shape index (κ1) is 17.7. The lowest BCUT2D eigenvalue weighted by molar-refractivity contribution is -0.138. The van der Waals surface area contributed by atoms with E-state index in [4.69, 9.17) is 9.84 Å². The highest BCUT2D eigenvalue weighted by Gasteiger charge is 2.19. The number of ether oxygens (including phenoxy) is 1. The van der Waals surface area contributed by atoms with Crippen molar-refractivity contribution in [1.29, 1.82) is 0 Å². The smallest absolute Gasteiger partial charge is 0.317 e. The van der Waals surface area contributed by atoms with Gasteiger partial charge in [-0.1, -0.05) is 0 Å². The molecule has 1 heterocycles. The average molecular weight is 301 g/mol. The van der Waals surface area contributed by atoms with Gasteiger partial charge in [-0.25, -0.2) is 4.79 Å². The monoisotopic (exact) mass is 301 g/mol. The van der Waals surface area contributed by atoms with E-state index in [1.165, 1.54) is 0 Å². The number of urea groups is 1. The molecule has 0 aromatic heterocycles. The summed E-state index contributed by atoms with van der Waals surface area (Å²) in [6.07, 6.45) is 3.82. The van der Waals surface area contributed by atoms with E-state index in [2.05, 4.69) is 5.32 Å². The van der Waals surface area contributed by atoms with Gasteiger partial charge in [0.2, 0.25) is 0 Å². The fourth-order valence-electron chi connectivity index (χ4n) is 2.38. The van der Waals surface area contributed by atoms with E-state index in [0.717, 1.165) is 38.8 Å². The Morgan fingerprint density at radius 2 is 1.95 bits per heavy atom. The maximum absolute atomic E-state index is 12.0. The van der Waals surface area contributed by atoms with Crippen LogP contribution in [0.4, 0.5) is 4.79 Å². The van der Waals surface area contributed by atoms with Crippen molar-refractivity contribution in [3.8, 4) is 0 Å². The minimum atomic E-state index is -0.816. The van der Waals surface area contributed by atoms with Crippen LogP contribution >= 0.6 is 0 Å². The van der Waals surface area contributed by atoms with Crippen LogP contribution in [-0.2, 0) is 9.53 Å². The predicted octanol–water partition coefficient (Wildman–Crippen LogP) is 0.605. The summed E-state index contributed by atoms with van der Waals surface area (Å²) in [7, 11) is 1.69. The van der Waals surface area contributed by atoms with Gasteiger partial charge in [0.25, 0.3) is 0 Å². The molecule has 1 fully saturated rings. The molecule has 0 unspecified atom stereocenters. The number of nitrogens with one attached hydrogen (secondary N) is 1. The van der Waals surface area contributed by atoms with Crippen molar-refractivity contribution in [2.45, 2.75) is 25.7 Å². The van der Waals surface area contributed by atoms with Crippen molar-refractivity contribution in [1.82, 2.24) is 15.1 Å². The number of hydrogen-bond acceptors (Lipinski definition) is 4. The van der Waals surface area contributed by atoms with Gasteiger partial charge in [-0.15, -0.1) is 0 Å². The minimum absolute atomic E-state index is 0.0427. The molecule has 122 valence electrons. The van der Waals surface area contributed by atoms with Gasteiger partial charge in [-0.3, -0.25) is 9.69 Å². The van der Waals surface area contributed by atoms with Crippen molar-refractivity contribution in [2.75, 3.05) is 53.0 Å². The molecule has 0 aromatic carbocycles. The van der Waals surface area contributed by atoms with Crippen LogP contribution in [0.2, 0.25) is 0 Å². The summed E-state index contributed by atoms with van der Waals surface area (Å²) < 4.78 is 4.97. The second kappa shape index (κ2) is 10.4. The molecule has 1 saturated heterocycles. The summed E-state index contributed by atoms with van der Waals surface area (Å²) >= 11 is 0. The molecule has 1 aliphatic heterocycles. The lowest BCUT2D eigenvalue weighted by atomic mass is 10.2. The number of carbonyl (C=O) groups excluding carboxylic acids is 1. The molecule has 0 saturated carbocycles. The Bertz CT molecular complexity index is 325. The summed E-state index contributed by atoms with van der Waals surface area (Å²) in [4.78, 5) is 26.4. The van der Waals surface area contributed by atoms with Gasteiger partial charge in [0.15, 0.2) is 0 Å². The lowest BCUT2D eigenvalue weighted by Crippen LogP contribution is -2.42. The first-order chi connectivity index (χ1) is 10.1. The molecule has 1 aliphatic rings. The molecular formula is C14H27N3O4. The number of methoxy groups -OCH3 is 1. The number of carbonyl (C=O) groups is 2. The van der Waals surface area contributed by atoms with Gasteiger partial charge in [0.05, 0.1) is 6.54 Å². The third kappa shape index (κ3) is 7.87. The molecule has 0 aromatic rings. The number of nitrogens with zero attached hydrogens (tertiary/aromatic N) is 2. The van der Waals surface area contributed by atoms with Crippen LogP contribution in [0.15, 0.2) is 0 Å². The van der Waals surface area contributed by atoms with Crippen LogP contribution in [0.5, 0.6) is 0 Å². The van der Waals surface area contributed by atoms with E-state index in [1.807, 2.05) is 4.90 Å². The molecule has 7 heteroatoms. The van der Waals surface area contributed by atoms with E-state index in [1.54, 1.807) is 12.0 Å². The third-order valence-corrected chi connectivity index (χ3v) is 3.54. The number of aliphatic carboxylic acids is 1. The maximum Gasteiger partial charge on any atom is 0.317 e. The van der Waals surface area contributed by atoms with Gasteiger partial charge >= 0.3 is 12.0 Å². The van der Waals surface area contributed by atoms with Crippen molar-refractivity contribution < 1.29 is 19.4 Å². The van der Waals surface area contributed by atoms with E-state index in [-0.39, 0.29) is 12.6 Å². The molecule has 0 atom stereocenters. The number of unbranched alkanes of at least 4 members (excludes halogenated alkanes) is 2.